The Morgan fingerprint density at radius 1 is 0.780 bits per heavy atom. The fourth-order valence-electron chi connectivity index (χ4n) is 10.8. The third kappa shape index (κ3) is 22.2. The normalized spacial score (nSPS) is 25.9. The summed E-state index contributed by atoms with van der Waals surface area (Å²) in [6, 6.07) is 15.2. The maximum atomic E-state index is 14.9. The highest BCUT2D eigenvalue weighted by molar-refractivity contribution is 7.48. The zero-order valence-corrected chi connectivity index (χ0v) is 53.7. The molecule has 0 aliphatic carbocycles. The van der Waals surface area contributed by atoms with Crippen molar-refractivity contribution in [2.45, 2.75) is 277 Å². The number of carbonyl (C=O) groups excluding carboxylic acids is 2. The Balaban J connectivity index is 1.42. The van der Waals surface area contributed by atoms with Crippen molar-refractivity contribution in [3.05, 3.63) is 81.7 Å². The summed E-state index contributed by atoms with van der Waals surface area (Å²) < 4.78 is 73.0. The molecule has 17 nitrogen and oxygen atoms in total. The molecule has 0 spiro atoms. The molecule has 2 N–H and O–H groups in total. The Labute approximate surface area is 493 Å². The quantitative estimate of drug-likeness (QED) is 0.0124. The monoisotopic (exact) mass is 1180 g/mol. The fraction of sp³-hybridized carbons (Fsp3) is 0.778. The molecule has 3 heterocycles. The van der Waals surface area contributed by atoms with Crippen LogP contribution < -0.4 is 5.32 Å². The van der Waals surface area contributed by atoms with Gasteiger partial charge in [0.1, 0.15) is 24.4 Å². The third-order valence-corrected chi connectivity index (χ3v) is 23.3. The highest BCUT2D eigenvalue weighted by Gasteiger charge is 2.52. The lowest BCUT2D eigenvalue weighted by atomic mass is 9.88. The summed E-state index contributed by atoms with van der Waals surface area (Å²) in [6.45, 7) is 22.5. The molecule has 1 amide bonds. The number of aliphatic hydroxyl groups excluding tert-OH is 1. The SMILES string of the molecule is CCCCCCCCCCCC(C)C(=O)O[C@@H](CC(=O)NC1[C@H](OCC2OC(O[Si](C)(C)C(C)(C)C)C(N=[N+]=[N-])[C@@H](O)[C@@H]2C)OC(COCc2ccccc2)[C@@H](OP2(=O)OCc3ccccc3CO2)[C@@H]1C)C(C)CCCCCCCCC. The van der Waals surface area contributed by atoms with Crippen molar-refractivity contribution >= 4 is 28.0 Å². The van der Waals surface area contributed by atoms with Gasteiger partial charge in [-0.1, -0.05) is 225 Å². The molecule has 2 saturated heterocycles. The Morgan fingerprint density at radius 2 is 1.33 bits per heavy atom. The van der Waals surface area contributed by atoms with E-state index in [4.69, 9.17) is 41.7 Å². The lowest BCUT2D eigenvalue weighted by Crippen LogP contribution is -2.63. The fourth-order valence-corrected chi connectivity index (χ4v) is 13.3. The third-order valence-electron chi connectivity index (χ3n) is 17.5. The number of carbonyl (C=O) groups is 2. The summed E-state index contributed by atoms with van der Waals surface area (Å²) >= 11 is 0. The van der Waals surface area contributed by atoms with E-state index in [0.717, 1.165) is 61.6 Å². The van der Waals surface area contributed by atoms with Crippen LogP contribution in [-0.4, -0.2) is 93.7 Å². The van der Waals surface area contributed by atoms with Gasteiger partial charge in [0.15, 0.2) is 20.9 Å². The zero-order chi connectivity index (χ0) is 59.7. The first-order valence-corrected chi connectivity index (χ1v) is 35.7. The number of rotatable bonds is 36. The average Bonchev–Trinajstić information content (AvgIpc) is 3.25. The molecule has 3 aliphatic rings. The minimum atomic E-state index is -4.30. The molecule has 13 atom stereocenters. The van der Waals surface area contributed by atoms with Gasteiger partial charge in [0.25, 0.3) is 0 Å². The summed E-state index contributed by atoms with van der Waals surface area (Å²) in [5.74, 6) is -2.44. The van der Waals surface area contributed by atoms with E-state index in [1.165, 1.54) is 64.2 Å². The smallest absolute Gasteiger partial charge is 0.461 e. The average molecular weight is 1190 g/mol. The highest BCUT2D eigenvalue weighted by Crippen LogP contribution is 2.56. The summed E-state index contributed by atoms with van der Waals surface area (Å²) in [6.07, 6.45) is 13.1. The van der Waals surface area contributed by atoms with E-state index in [-0.39, 0.29) is 62.3 Å². The van der Waals surface area contributed by atoms with Crippen LogP contribution in [0, 0.1) is 23.7 Å². The van der Waals surface area contributed by atoms with Gasteiger partial charge in [0.05, 0.1) is 63.6 Å². The van der Waals surface area contributed by atoms with Gasteiger partial charge in [0, 0.05) is 16.7 Å². The van der Waals surface area contributed by atoms with Gasteiger partial charge in [-0.15, -0.1) is 0 Å². The number of phosphoric acid groups is 1. The Morgan fingerprint density at radius 3 is 1.90 bits per heavy atom. The molecule has 0 aromatic heterocycles. The molecule has 0 saturated carbocycles. The van der Waals surface area contributed by atoms with Crippen molar-refractivity contribution in [1.29, 1.82) is 0 Å². The van der Waals surface area contributed by atoms with Crippen molar-refractivity contribution in [3.8, 4) is 0 Å². The minimum absolute atomic E-state index is 0.0163. The number of esters is 1. The van der Waals surface area contributed by atoms with Crippen LogP contribution in [0.2, 0.25) is 18.1 Å². The molecule has 7 unspecified atom stereocenters. The number of aliphatic hydroxyl groups is 1. The number of azide groups is 1. The maximum Gasteiger partial charge on any atom is 0.475 e. The molecule has 2 aromatic rings. The number of nitrogens with zero attached hydrogens (tertiary/aromatic N) is 3. The van der Waals surface area contributed by atoms with E-state index in [0.29, 0.717) is 6.42 Å². The van der Waals surface area contributed by atoms with E-state index >= 15 is 0 Å². The topological polar surface area (TPSA) is 215 Å². The van der Waals surface area contributed by atoms with E-state index in [9.17, 15) is 24.8 Å². The largest absolute Gasteiger partial charge is 0.475 e. The molecule has 82 heavy (non-hydrogen) atoms. The molecule has 0 radical (unpaired) electrons. The molecule has 5 rings (SSSR count). The number of amides is 1. The van der Waals surface area contributed by atoms with Crippen LogP contribution in [0.25, 0.3) is 10.4 Å². The van der Waals surface area contributed by atoms with Gasteiger partial charge < -0.3 is 38.5 Å². The van der Waals surface area contributed by atoms with Crippen LogP contribution in [0.15, 0.2) is 59.7 Å². The molecule has 0 bridgehead atoms. The van der Waals surface area contributed by atoms with Gasteiger partial charge in [-0.05, 0) is 59.1 Å². The zero-order valence-electron chi connectivity index (χ0n) is 51.8. The number of hydrogen-bond donors (Lipinski definition) is 2. The second kappa shape index (κ2) is 35.4. The first kappa shape index (κ1) is 69.5. The van der Waals surface area contributed by atoms with E-state index in [1.807, 2.05) is 68.4 Å². The van der Waals surface area contributed by atoms with Crippen LogP contribution >= 0.6 is 7.82 Å². The summed E-state index contributed by atoms with van der Waals surface area (Å²) in [4.78, 5) is 32.0. The van der Waals surface area contributed by atoms with Gasteiger partial charge in [-0.3, -0.25) is 23.2 Å². The Kier molecular flexibility index (Phi) is 30.0. The summed E-state index contributed by atoms with van der Waals surface area (Å²) in [5, 5.41) is 18.7. The van der Waals surface area contributed by atoms with Crippen molar-refractivity contribution in [1.82, 2.24) is 5.32 Å². The maximum absolute atomic E-state index is 14.9. The predicted molar refractivity (Wildman–Crippen MR) is 323 cm³/mol. The van der Waals surface area contributed by atoms with Crippen molar-refractivity contribution < 1.29 is 60.9 Å². The molecule has 2 fully saturated rings. The van der Waals surface area contributed by atoms with Crippen LogP contribution in [0.5, 0.6) is 0 Å². The number of ether oxygens (including phenoxy) is 5. The molecular weight excluding hydrogens is 1080 g/mol. The first-order chi connectivity index (χ1) is 39.2. The molecule has 464 valence electrons. The summed E-state index contributed by atoms with van der Waals surface area (Å²) in [7, 11) is -6.84. The minimum Gasteiger partial charge on any atom is -0.461 e. The Hall–Kier alpha value is -3.22. The second-order valence-electron chi connectivity index (χ2n) is 25.2. The number of phosphoric ester groups is 1. The van der Waals surface area contributed by atoms with Gasteiger partial charge in [0.2, 0.25) is 5.91 Å². The highest BCUT2D eigenvalue weighted by atomic mass is 31.2. The molecule has 2 aromatic carbocycles. The molecule has 3 aliphatic heterocycles. The number of fused-ring (bicyclic) bond motifs is 1. The number of nitrogens with one attached hydrogen (secondary N) is 1. The van der Waals surface area contributed by atoms with Crippen LogP contribution in [0.3, 0.4) is 0 Å². The number of hydrogen-bond acceptors (Lipinski definition) is 14. The summed E-state index contributed by atoms with van der Waals surface area (Å²) in [5.41, 5.74) is 12.2. The first-order valence-electron chi connectivity index (χ1n) is 31.3. The van der Waals surface area contributed by atoms with Gasteiger partial charge in [-0.25, -0.2) is 4.57 Å². The van der Waals surface area contributed by atoms with Crippen LogP contribution in [0.4, 0.5) is 0 Å². The standard InChI is InChI=1S/C63H105N4O13PSi/c1-12-14-16-18-20-21-23-25-28-34-46(4)60(70)76-52(45(3)33-27-24-22-19-17-15-13-2)39-55(68)65-56-48(6)59(79-81(71)74-41-50-37-31-32-38-51(50)42-75-81)54(43-72-40-49-35-29-26-30-36-49)78-61(56)73-44-53-47(5)58(69)57(66-67-64)62(77-53)80-82(10,11)63(7,8)9/h26,29-32,35-38,45-48,52-54,56-59,61-62,69H,12-25,27-28,33-34,39-44H2,1-11H3,(H,65,68)/t45?,46?,47-,48-,52+,53?,54?,56?,57?,58+,59+,61-,62?/m1/s1. The lowest BCUT2D eigenvalue weighted by molar-refractivity contribution is -0.282. The van der Waals surface area contributed by atoms with Gasteiger partial charge in [-0.2, -0.15) is 0 Å². The molecular formula is C63H105N4O13PSi. The lowest BCUT2D eigenvalue weighted by Gasteiger charge is -2.48. The molecule has 19 heteroatoms. The predicted octanol–water partition coefficient (Wildman–Crippen LogP) is 15.4. The van der Waals surface area contributed by atoms with E-state index < -0.39 is 89.1 Å². The van der Waals surface area contributed by atoms with Crippen molar-refractivity contribution in [2.75, 3.05) is 13.2 Å². The van der Waals surface area contributed by atoms with Crippen molar-refractivity contribution in [2.24, 2.45) is 28.8 Å². The van der Waals surface area contributed by atoms with Crippen molar-refractivity contribution in [3.63, 3.8) is 0 Å². The van der Waals surface area contributed by atoms with E-state index in [1.54, 1.807) is 6.92 Å². The second-order valence-corrected chi connectivity index (χ2v) is 31.6. The Bertz CT molecular complexity index is 2240. The number of unbranched alkanes of at least 4 members (excludes halogenated alkanes) is 14. The van der Waals surface area contributed by atoms with Crippen LogP contribution in [0.1, 0.15) is 201 Å². The van der Waals surface area contributed by atoms with Crippen LogP contribution in [-0.2, 0) is 75.7 Å². The van der Waals surface area contributed by atoms with E-state index in [2.05, 4.69) is 70.0 Å². The van der Waals surface area contributed by atoms with Gasteiger partial charge >= 0.3 is 13.8 Å². The number of benzene rings is 2.